The quantitative estimate of drug-likeness (QED) is 0.852. The molecule has 1 aromatic heterocycles. The molecule has 122 valence electrons. The number of nitrogens with zero attached hydrogens (tertiary/aromatic N) is 3. The van der Waals surface area contributed by atoms with Crippen molar-refractivity contribution >= 4 is 16.8 Å². The molecule has 1 N–H and O–H groups in total. The van der Waals surface area contributed by atoms with E-state index in [1.165, 1.54) is 0 Å². The van der Waals surface area contributed by atoms with Crippen LogP contribution in [0.15, 0.2) is 36.5 Å². The molecule has 0 saturated carbocycles. The molecule has 1 amide bonds. The Labute approximate surface area is 137 Å². The van der Waals surface area contributed by atoms with E-state index < -0.39 is 0 Å². The van der Waals surface area contributed by atoms with E-state index in [2.05, 4.69) is 27.1 Å². The van der Waals surface area contributed by atoms with Gasteiger partial charge < -0.3 is 15.1 Å². The summed E-state index contributed by atoms with van der Waals surface area (Å²) in [7, 11) is 2.16. The molecule has 0 bridgehead atoms. The Morgan fingerprint density at radius 2 is 1.96 bits per heavy atom. The first-order valence-corrected chi connectivity index (χ1v) is 8.27. The third kappa shape index (κ3) is 4.06. The van der Waals surface area contributed by atoms with Gasteiger partial charge >= 0.3 is 0 Å². The average Bonchev–Trinajstić information content (AvgIpc) is 2.59. The lowest BCUT2D eigenvalue weighted by molar-refractivity contribution is 0.0951. The largest absolute Gasteiger partial charge is 0.352 e. The summed E-state index contributed by atoms with van der Waals surface area (Å²) >= 11 is 0. The Morgan fingerprint density at radius 3 is 2.78 bits per heavy atom. The highest BCUT2D eigenvalue weighted by molar-refractivity contribution is 6.05. The number of rotatable bonds is 5. The topological polar surface area (TPSA) is 48.5 Å². The minimum Gasteiger partial charge on any atom is -0.352 e. The van der Waals surface area contributed by atoms with Crippen LogP contribution in [0.5, 0.6) is 0 Å². The minimum absolute atomic E-state index is 0.0346. The number of aromatic nitrogens is 1. The van der Waals surface area contributed by atoms with Crippen LogP contribution in [0.2, 0.25) is 0 Å². The Hall–Kier alpha value is -1.98. The Bertz CT molecular complexity index is 660. The highest BCUT2D eigenvalue weighted by Gasteiger charge is 2.13. The zero-order valence-electron chi connectivity index (χ0n) is 13.7. The van der Waals surface area contributed by atoms with Crippen LogP contribution in [0.25, 0.3) is 10.9 Å². The van der Waals surface area contributed by atoms with Crippen molar-refractivity contribution in [2.45, 2.75) is 6.42 Å². The second-order valence-electron chi connectivity index (χ2n) is 6.14. The molecular formula is C18H24N4O. The normalized spacial score (nSPS) is 16.6. The summed E-state index contributed by atoms with van der Waals surface area (Å²) in [6.07, 6.45) is 2.71. The fourth-order valence-electron chi connectivity index (χ4n) is 2.96. The Kier molecular flexibility index (Phi) is 5.20. The number of amides is 1. The SMILES string of the molecule is CN1CCN(CCCNC(=O)c2cccc3cccnc23)CC1. The summed E-state index contributed by atoms with van der Waals surface area (Å²) in [6.45, 7) is 6.26. The molecule has 2 heterocycles. The number of likely N-dealkylation sites (N-methyl/N-ethyl adjacent to an activating group) is 1. The van der Waals surface area contributed by atoms with Gasteiger partial charge in [0.05, 0.1) is 11.1 Å². The molecule has 0 atom stereocenters. The van der Waals surface area contributed by atoms with Crippen molar-refractivity contribution in [2.24, 2.45) is 0 Å². The van der Waals surface area contributed by atoms with Gasteiger partial charge in [-0.05, 0) is 32.1 Å². The van der Waals surface area contributed by atoms with Gasteiger partial charge in [-0.25, -0.2) is 0 Å². The first-order chi connectivity index (χ1) is 11.2. The number of pyridine rings is 1. The molecule has 1 fully saturated rings. The molecule has 5 heteroatoms. The van der Waals surface area contributed by atoms with Crippen molar-refractivity contribution in [1.29, 1.82) is 0 Å². The molecule has 1 saturated heterocycles. The minimum atomic E-state index is -0.0346. The smallest absolute Gasteiger partial charge is 0.253 e. The summed E-state index contributed by atoms with van der Waals surface area (Å²) < 4.78 is 0. The number of carbonyl (C=O) groups excluding carboxylic acids is 1. The van der Waals surface area contributed by atoms with Crippen molar-refractivity contribution in [3.63, 3.8) is 0 Å². The van der Waals surface area contributed by atoms with E-state index in [1.807, 2.05) is 30.3 Å². The molecule has 0 unspecified atom stereocenters. The van der Waals surface area contributed by atoms with Gasteiger partial charge in [0.1, 0.15) is 0 Å². The molecule has 1 aliphatic rings. The molecule has 1 aliphatic heterocycles. The number of piperazine rings is 1. The third-order valence-corrected chi connectivity index (χ3v) is 4.41. The van der Waals surface area contributed by atoms with E-state index in [9.17, 15) is 4.79 Å². The highest BCUT2D eigenvalue weighted by atomic mass is 16.1. The maximum absolute atomic E-state index is 12.4. The zero-order valence-corrected chi connectivity index (χ0v) is 13.7. The van der Waals surface area contributed by atoms with Gasteiger partial charge in [-0.1, -0.05) is 18.2 Å². The number of benzene rings is 1. The first-order valence-electron chi connectivity index (χ1n) is 8.27. The van der Waals surface area contributed by atoms with Crippen LogP contribution < -0.4 is 5.32 Å². The number of para-hydroxylation sites is 1. The van der Waals surface area contributed by atoms with Crippen molar-refractivity contribution in [2.75, 3.05) is 46.3 Å². The van der Waals surface area contributed by atoms with E-state index in [0.717, 1.165) is 50.0 Å². The number of hydrogen-bond acceptors (Lipinski definition) is 4. The van der Waals surface area contributed by atoms with E-state index in [1.54, 1.807) is 6.20 Å². The van der Waals surface area contributed by atoms with E-state index in [4.69, 9.17) is 0 Å². The summed E-state index contributed by atoms with van der Waals surface area (Å²) in [5, 5.41) is 4.02. The molecule has 2 aromatic rings. The molecule has 0 aliphatic carbocycles. The molecule has 0 radical (unpaired) electrons. The van der Waals surface area contributed by atoms with Crippen molar-refractivity contribution in [3.05, 3.63) is 42.1 Å². The maximum atomic E-state index is 12.4. The number of fused-ring (bicyclic) bond motifs is 1. The van der Waals surface area contributed by atoms with Crippen molar-refractivity contribution < 1.29 is 4.79 Å². The van der Waals surface area contributed by atoms with E-state index >= 15 is 0 Å². The van der Waals surface area contributed by atoms with Crippen LogP contribution >= 0.6 is 0 Å². The van der Waals surface area contributed by atoms with Gasteiger partial charge in [-0.2, -0.15) is 0 Å². The second-order valence-corrected chi connectivity index (χ2v) is 6.14. The van der Waals surface area contributed by atoms with Crippen LogP contribution in [-0.2, 0) is 0 Å². The molecule has 1 aromatic carbocycles. The van der Waals surface area contributed by atoms with Gasteiger partial charge in [0.15, 0.2) is 0 Å². The summed E-state index contributed by atoms with van der Waals surface area (Å²) in [5.74, 6) is -0.0346. The Balaban J connectivity index is 1.49. The first kappa shape index (κ1) is 15.9. The van der Waals surface area contributed by atoms with Gasteiger partial charge in [0.2, 0.25) is 0 Å². The number of hydrogen-bond donors (Lipinski definition) is 1. The maximum Gasteiger partial charge on any atom is 0.253 e. The van der Waals surface area contributed by atoms with Gasteiger partial charge in [-0.3, -0.25) is 9.78 Å². The predicted octanol–water partition coefficient (Wildman–Crippen LogP) is 1.60. The standard InChI is InChI=1S/C18H24N4O/c1-21-11-13-22(14-12-21)10-4-9-20-18(23)16-7-2-5-15-6-3-8-19-17(15)16/h2-3,5-8H,4,9-14H2,1H3,(H,20,23). The number of carbonyl (C=O) groups is 1. The third-order valence-electron chi connectivity index (χ3n) is 4.41. The van der Waals surface area contributed by atoms with Crippen LogP contribution in [0.3, 0.4) is 0 Å². The fourth-order valence-corrected chi connectivity index (χ4v) is 2.96. The van der Waals surface area contributed by atoms with E-state index in [0.29, 0.717) is 12.1 Å². The van der Waals surface area contributed by atoms with Crippen LogP contribution in [-0.4, -0.2) is 67.0 Å². The molecule has 5 nitrogen and oxygen atoms in total. The second kappa shape index (κ2) is 7.53. The van der Waals surface area contributed by atoms with E-state index in [-0.39, 0.29) is 5.91 Å². The lowest BCUT2D eigenvalue weighted by atomic mass is 10.1. The zero-order chi connectivity index (χ0) is 16.1. The predicted molar refractivity (Wildman–Crippen MR) is 92.6 cm³/mol. The van der Waals surface area contributed by atoms with Crippen LogP contribution in [0.1, 0.15) is 16.8 Å². The molecule has 0 spiro atoms. The Morgan fingerprint density at radius 1 is 1.17 bits per heavy atom. The number of nitrogens with one attached hydrogen (secondary N) is 1. The summed E-state index contributed by atoms with van der Waals surface area (Å²) in [4.78, 5) is 21.5. The molecule has 3 rings (SSSR count). The lowest BCUT2D eigenvalue weighted by Crippen LogP contribution is -2.45. The molecule has 23 heavy (non-hydrogen) atoms. The van der Waals surface area contributed by atoms with Crippen molar-refractivity contribution in [1.82, 2.24) is 20.1 Å². The van der Waals surface area contributed by atoms with Crippen LogP contribution in [0.4, 0.5) is 0 Å². The fraction of sp³-hybridized carbons (Fsp3) is 0.444. The summed E-state index contributed by atoms with van der Waals surface area (Å²) in [6, 6.07) is 9.59. The lowest BCUT2D eigenvalue weighted by Gasteiger charge is -2.32. The average molecular weight is 312 g/mol. The molecular weight excluding hydrogens is 288 g/mol. The van der Waals surface area contributed by atoms with Gasteiger partial charge in [0, 0.05) is 44.3 Å². The summed E-state index contributed by atoms with van der Waals surface area (Å²) in [5.41, 5.74) is 1.43. The van der Waals surface area contributed by atoms with Crippen LogP contribution in [0, 0.1) is 0 Å². The monoisotopic (exact) mass is 312 g/mol. The van der Waals surface area contributed by atoms with Crippen molar-refractivity contribution in [3.8, 4) is 0 Å². The van der Waals surface area contributed by atoms with Gasteiger partial charge in [-0.15, -0.1) is 0 Å². The highest BCUT2D eigenvalue weighted by Crippen LogP contribution is 2.15. The van der Waals surface area contributed by atoms with Gasteiger partial charge in [0.25, 0.3) is 5.91 Å².